The van der Waals surface area contributed by atoms with Gasteiger partial charge in [0.2, 0.25) is 0 Å². The second kappa shape index (κ2) is 29.3. The maximum atomic E-state index is 12.2. The van der Waals surface area contributed by atoms with Crippen molar-refractivity contribution in [1.29, 1.82) is 0 Å². The van der Waals surface area contributed by atoms with Crippen LogP contribution in [-0.4, -0.2) is 85.3 Å². The molecule has 0 amide bonds. The Hall–Kier alpha value is 0.561. The van der Waals surface area contributed by atoms with Crippen LogP contribution in [-0.2, 0) is 41.9 Å². The lowest BCUT2D eigenvalue weighted by atomic mass is 10.1. The molecule has 0 aromatic heterocycles. The molecule has 0 saturated carbocycles. The van der Waals surface area contributed by atoms with Crippen LogP contribution < -0.4 is 0 Å². The Morgan fingerprint density at radius 2 is 1.15 bits per heavy atom. The van der Waals surface area contributed by atoms with E-state index in [-0.39, 0.29) is 41.2 Å². The van der Waals surface area contributed by atoms with Gasteiger partial charge in [0.15, 0.2) is 10.2 Å². The van der Waals surface area contributed by atoms with Gasteiger partial charge in [-0.3, -0.25) is 29.9 Å². The molecule has 0 aliphatic heterocycles. The first-order valence-corrected chi connectivity index (χ1v) is 24.9. The van der Waals surface area contributed by atoms with E-state index in [1.165, 1.54) is 0 Å². The summed E-state index contributed by atoms with van der Waals surface area (Å²) in [5.74, 6) is 1.04. The molecule has 0 aliphatic carbocycles. The SMILES string of the molecule is CCCCCCCC(=O)SCCC[Si](O)(O)OO[Si](CCCS)(OO)OO[Si](CCCSC(=O)CCCCCCC)(COO)OO. The van der Waals surface area contributed by atoms with Gasteiger partial charge in [-0.15, -0.1) is 0 Å². The van der Waals surface area contributed by atoms with Crippen LogP contribution in [0.2, 0.25) is 18.1 Å². The van der Waals surface area contributed by atoms with E-state index in [1.807, 2.05) is 0 Å². The third kappa shape index (κ3) is 23.8. The fourth-order valence-electron chi connectivity index (χ4n) is 4.01. The lowest BCUT2D eigenvalue weighted by Gasteiger charge is -2.30. The maximum absolute atomic E-state index is 12.2. The highest BCUT2D eigenvalue weighted by atomic mass is 32.2. The first kappa shape index (κ1) is 46.6. The van der Waals surface area contributed by atoms with E-state index in [9.17, 15) is 29.7 Å². The Labute approximate surface area is 290 Å². The molecule has 0 heterocycles. The summed E-state index contributed by atoms with van der Waals surface area (Å²) in [7, 11) is -12.7. The highest BCUT2D eigenvalue weighted by Crippen LogP contribution is 2.26. The fourth-order valence-corrected chi connectivity index (χ4v) is 11.8. The predicted molar refractivity (Wildman–Crippen MR) is 186 cm³/mol. The Bertz CT molecular complexity index is 781. The van der Waals surface area contributed by atoms with Crippen molar-refractivity contribution in [3.63, 3.8) is 0 Å². The van der Waals surface area contributed by atoms with E-state index < -0.39 is 32.4 Å². The molecule has 14 nitrogen and oxygen atoms in total. The molecule has 0 bridgehead atoms. The van der Waals surface area contributed by atoms with E-state index in [1.54, 1.807) is 0 Å². The average Bonchev–Trinajstić information content (AvgIpc) is 3.04. The minimum Gasteiger partial charge on any atom is -0.389 e. The number of thiol groups is 1. The van der Waals surface area contributed by atoms with E-state index in [0.717, 1.165) is 87.7 Å². The molecule has 0 aromatic rings. The van der Waals surface area contributed by atoms with Gasteiger partial charge in [0.1, 0.15) is 6.23 Å². The van der Waals surface area contributed by atoms with Gasteiger partial charge >= 0.3 is 26.2 Å². The number of unbranched alkanes of at least 4 members (excludes halogenated alkanes) is 8. The van der Waals surface area contributed by atoms with Crippen molar-refractivity contribution in [2.24, 2.45) is 0 Å². The molecule has 0 aliphatic rings. The molecular weight excluding hydrogens is 717 g/mol. The van der Waals surface area contributed by atoms with Crippen molar-refractivity contribution < 1.29 is 67.3 Å². The van der Waals surface area contributed by atoms with Crippen LogP contribution in [0, 0.1) is 0 Å². The molecule has 0 fully saturated rings. The molecular formula is C26H56O14S3Si3. The summed E-state index contributed by atoms with van der Waals surface area (Å²) in [5.41, 5.74) is 0. The van der Waals surface area contributed by atoms with Crippen molar-refractivity contribution in [2.75, 3.05) is 23.5 Å². The fraction of sp³-hybridized carbons (Fsp3) is 0.923. The minimum atomic E-state index is -4.46. The third-order valence-corrected chi connectivity index (χ3v) is 15.1. The van der Waals surface area contributed by atoms with Crippen molar-refractivity contribution in [1.82, 2.24) is 0 Å². The number of carbonyl (C=O) groups excluding carboxylic acids is 2. The number of rotatable bonds is 33. The summed E-state index contributed by atoms with van der Waals surface area (Å²) in [4.78, 5) is 49.2. The summed E-state index contributed by atoms with van der Waals surface area (Å²) in [6.45, 7) is 4.25. The highest BCUT2D eigenvalue weighted by molar-refractivity contribution is 8.13. The van der Waals surface area contributed by atoms with Gasteiger partial charge in [0.25, 0.3) is 0 Å². The van der Waals surface area contributed by atoms with Gasteiger partial charge in [-0.1, -0.05) is 88.7 Å². The Balaban J connectivity index is 4.95. The summed E-state index contributed by atoms with van der Waals surface area (Å²) in [5, 5.41) is 28.6. The molecule has 0 saturated heterocycles. The standard InChI is InChI=1S/C26H56O14S3Si3/c1-3-5-7-9-11-16-25(27)42-19-14-21-44(35-30,24-34-29)37-39-46(36-31,23-13-18-41)40-38-45(32,33)22-15-20-43-26(28)17-12-10-8-6-4-2/h29-33,41H,3-24H2,1-2H3. The first-order chi connectivity index (χ1) is 22.1. The molecule has 0 spiro atoms. The summed E-state index contributed by atoms with van der Waals surface area (Å²) in [6.07, 6.45) is 11.6. The van der Waals surface area contributed by atoms with Crippen molar-refractivity contribution in [3.8, 4) is 0 Å². The lowest BCUT2D eigenvalue weighted by Crippen LogP contribution is -2.55. The molecule has 46 heavy (non-hydrogen) atoms. The van der Waals surface area contributed by atoms with E-state index >= 15 is 0 Å². The topological polar surface area (TPSA) is 200 Å². The minimum absolute atomic E-state index is 0.00200. The molecule has 20 heteroatoms. The molecule has 0 rings (SSSR count). The average molecular weight is 773 g/mol. The predicted octanol–water partition coefficient (Wildman–Crippen LogP) is 6.54. The zero-order chi connectivity index (χ0) is 34.6. The van der Waals surface area contributed by atoms with Crippen LogP contribution >= 0.6 is 36.2 Å². The first-order valence-electron chi connectivity index (χ1n) is 16.1. The summed E-state index contributed by atoms with van der Waals surface area (Å²) < 4.78 is 29.8. The summed E-state index contributed by atoms with van der Waals surface area (Å²) in [6, 6.07) is -0.365. The number of hydrogen-bond acceptors (Lipinski definition) is 17. The van der Waals surface area contributed by atoms with Gasteiger partial charge < -0.3 is 9.59 Å². The Morgan fingerprint density at radius 1 is 0.630 bits per heavy atom. The van der Waals surface area contributed by atoms with Crippen LogP contribution in [0.3, 0.4) is 0 Å². The van der Waals surface area contributed by atoms with E-state index in [2.05, 4.69) is 40.5 Å². The van der Waals surface area contributed by atoms with Crippen LogP contribution in [0.5, 0.6) is 0 Å². The number of hydrogen-bond donors (Lipinski definition) is 6. The van der Waals surface area contributed by atoms with E-state index in [4.69, 9.17) is 23.6 Å². The normalized spacial score (nSPS) is 14.7. The van der Waals surface area contributed by atoms with Gasteiger partial charge in [0.05, 0.1) is 0 Å². The Kier molecular flexibility index (Phi) is 29.7. The molecule has 2 atom stereocenters. The molecule has 2 unspecified atom stereocenters. The molecule has 5 N–H and O–H groups in total. The van der Waals surface area contributed by atoms with Gasteiger partial charge in [0, 0.05) is 36.4 Å². The lowest BCUT2D eigenvalue weighted by molar-refractivity contribution is -0.326. The van der Waals surface area contributed by atoms with Crippen LogP contribution in [0.4, 0.5) is 0 Å². The second-order valence-electron chi connectivity index (χ2n) is 10.9. The second-order valence-corrected chi connectivity index (χ2v) is 21.2. The van der Waals surface area contributed by atoms with Crippen LogP contribution in [0.15, 0.2) is 0 Å². The smallest absolute Gasteiger partial charge is 0.389 e. The third-order valence-electron chi connectivity index (χ3n) is 6.70. The van der Waals surface area contributed by atoms with Crippen molar-refractivity contribution >= 4 is 72.6 Å². The highest BCUT2D eigenvalue weighted by Gasteiger charge is 2.52. The van der Waals surface area contributed by atoms with Crippen molar-refractivity contribution in [2.45, 2.75) is 128 Å². The Morgan fingerprint density at radius 3 is 1.63 bits per heavy atom. The van der Waals surface area contributed by atoms with Gasteiger partial charge in [-0.2, -0.15) is 12.6 Å². The van der Waals surface area contributed by atoms with E-state index in [0.29, 0.717) is 36.5 Å². The zero-order valence-corrected chi connectivity index (χ0v) is 32.8. The van der Waals surface area contributed by atoms with Gasteiger partial charge in [-0.05, 0) is 43.9 Å². The largest absolute Gasteiger partial charge is 0.582 e. The van der Waals surface area contributed by atoms with Crippen LogP contribution in [0.25, 0.3) is 0 Å². The quantitative estimate of drug-likeness (QED) is 0.0138. The molecule has 0 radical (unpaired) electrons. The molecule has 0 aromatic carbocycles. The summed E-state index contributed by atoms with van der Waals surface area (Å²) >= 11 is 6.39. The zero-order valence-electron chi connectivity index (χ0n) is 27.2. The monoisotopic (exact) mass is 772 g/mol. The van der Waals surface area contributed by atoms with Crippen molar-refractivity contribution in [3.05, 3.63) is 0 Å². The van der Waals surface area contributed by atoms with Gasteiger partial charge in [-0.25, -0.2) is 27.8 Å². The van der Waals surface area contributed by atoms with Crippen LogP contribution in [0.1, 0.15) is 110 Å². The number of carbonyl (C=O) groups is 2. The number of thioether (sulfide) groups is 2. The molecule has 274 valence electrons. The maximum Gasteiger partial charge on any atom is 0.582 e.